The van der Waals surface area contributed by atoms with Crippen molar-refractivity contribution in [2.75, 3.05) is 6.61 Å². The summed E-state index contributed by atoms with van der Waals surface area (Å²) >= 11 is -2.39. The molecule has 2 atom stereocenters. The first-order valence-corrected chi connectivity index (χ1v) is 2.61. The van der Waals surface area contributed by atoms with Gasteiger partial charge >= 0.3 is 0 Å². The lowest BCUT2D eigenvalue weighted by Gasteiger charge is -1.99. The van der Waals surface area contributed by atoms with E-state index in [-0.39, 0.29) is 16.5 Å². The third-order valence-electron chi connectivity index (χ3n) is 0.282. The molecular weight excluding hydrogens is 147 g/mol. The molecule has 8 heavy (non-hydrogen) atoms. The maximum absolute atomic E-state index is 9.49. The van der Waals surface area contributed by atoms with Crippen LogP contribution in [0.2, 0.25) is 0 Å². The molecule has 0 spiro atoms. The highest BCUT2D eigenvalue weighted by atomic mass is 32.2. The van der Waals surface area contributed by atoms with Gasteiger partial charge in [0.2, 0.25) is 0 Å². The largest absolute Gasteiger partial charge is 0.750 e. The van der Waals surface area contributed by atoms with Gasteiger partial charge in [-0.15, -0.1) is 6.58 Å². The van der Waals surface area contributed by atoms with Gasteiger partial charge in [0.05, 0.1) is 18.0 Å². The van der Waals surface area contributed by atoms with E-state index in [9.17, 15) is 8.76 Å². The molecule has 0 heterocycles. The standard InChI is InChI=1S/C3H6O3S.H3P/c1-2-3-6-7(4)5;/h2H,1,3H2,(H,4,5);1H3/p-1. The molecule has 0 aromatic heterocycles. The van der Waals surface area contributed by atoms with E-state index in [1.54, 1.807) is 0 Å². The summed E-state index contributed by atoms with van der Waals surface area (Å²) in [6.45, 7) is 3.29. The molecule has 0 aromatic rings. The molecule has 3 nitrogen and oxygen atoms in total. The maximum atomic E-state index is 9.49. The van der Waals surface area contributed by atoms with Crippen molar-refractivity contribution in [3.8, 4) is 0 Å². The Kier molecular flexibility index (Phi) is 10.0. The van der Waals surface area contributed by atoms with Crippen LogP contribution in [0.3, 0.4) is 0 Å². The summed E-state index contributed by atoms with van der Waals surface area (Å²) in [6.07, 6.45) is 1.36. The van der Waals surface area contributed by atoms with Crippen LogP contribution in [0.1, 0.15) is 0 Å². The molecule has 0 aliphatic carbocycles. The SMILES string of the molecule is C=CCOS(=O)[O-].P. The lowest BCUT2D eigenvalue weighted by atomic mass is 10.7. The summed E-state index contributed by atoms with van der Waals surface area (Å²) in [5.41, 5.74) is 0. The number of rotatable bonds is 3. The molecule has 0 fully saturated rings. The molecule has 0 N–H and O–H groups in total. The molecule has 0 aliphatic heterocycles. The second-order valence-electron chi connectivity index (χ2n) is 0.777. The smallest absolute Gasteiger partial charge is 0.0845 e. The zero-order chi connectivity index (χ0) is 5.70. The van der Waals surface area contributed by atoms with Gasteiger partial charge in [0.1, 0.15) is 0 Å². The van der Waals surface area contributed by atoms with E-state index in [2.05, 4.69) is 10.8 Å². The third kappa shape index (κ3) is 9.53. The van der Waals surface area contributed by atoms with Crippen LogP contribution >= 0.6 is 9.90 Å². The Balaban J connectivity index is 0. The minimum Gasteiger partial charge on any atom is -0.750 e. The predicted octanol–water partition coefficient (Wildman–Crippen LogP) is 0.0412. The summed E-state index contributed by atoms with van der Waals surface area (Å²) in [5.74, 6) is 0. The highest BCUT2D eigenvalue weighted by Gasteiger charge is 1.73. The monoisotopic (exact) mass is 155 g/mol. The van der Waals surface area contributed by atoms with Crippen molar-refractivity contribution < 1.29 is 12.9 Å². The molecule has 0 radical (unpaired) electrons. The van der Waals surface area contributed by atoms with Crippen LogP contribution in [0, 0.1) is 0 Å². The van der Waals surface area contributed by atoms with Gasteiger partial charge in [0, 0.05) is 0 Å². The molecule has 0 aliphatic rings. The molecule has 0 rings (SSSR count). The fourth-order valence-corrected chi connectivity index (χ4v) is 0.311. The van der Waals surface area contributed by atoms with Crippen LogP contribution < -0.4 is 0 Å². The Morgan fingerprint density at radius 1 is 1.88 bits per heavy atom. The van der Waals surface area contributed by atoms with Crippen LogP contribution in [0.15, 0.2) is 12.7 Å². The molecule has 0 amide bonds. The molecule has 0 saturated carbocycles. The first kappa shape index (κ1) is 11.1. The Morgan fingerprint density at radius 3 is 2.50 bits per heavy atom. The van der Waals surface area contributed by atoms with E-state index in [1.165, 1.54) is 6.08 Å². The Hall–Kier alpha value is 0.240. The summed E-state index contributed by atoms with van der Waals surface area (Å²) < 4.78 is 23.0. The molecule has 0 bridgehead atoms. The zero-order valence-electron chi connectivity index (χ0n) is 4.33. The second kappa shape index (κ2) is 7.24. The second-order valence-corrected chi connectivity index (χ2v) is 1.42. The molecule has 2 unspecified atom stereocenters. The van der Waals surface area contributed by atoms with Gasteiger partial charge in [0.15, 0.2) is 0 Å². The van der Waals surface area contributed by atoms with E-state index < -0.39 is 11.4 Å². The lowest BCUT2D eigenvalue weighted by Crippen LogP contribution is -1.93. The van der Waals surface area contributed by atoms with Gasteiger partial charge in [-0.25, -0.2) is 4.21 Å². The molecular formula is C3H8O3PS-. The van der Waals surface area contributed by atoms with Crippen molar-refractivity contribution in [1.29, 1.82) is 0 Å². The summed E-state index contributed by atoms with van der Waals surface area (Å²) in [7, 11) is 0. The summed E-state index contributed by atoms with van der Waals surface area (Å²) in [5, 5.41) is 0. The van der Waals surface area contributed by atoms with Gasteiger partial charge in [-0.1, -0.05) is 6.08 Å². The van der Waals surface area contributed by atoms with Crippen molar-refractivity contribution >= 4 is 21.3 Å². The van der Waals surface area contributed by atoms with E-state index in [4.69, 9.17) is 0 Å². The van der Waals surface area contributed by atoms with E-state index >= 15 is 0 Å². The van der Waals surface area contributed by atoms with Crippen molar-refractivity contribution in [2.24, 2.45) is 0 Å². The van der Waals surface area contributed by atoms with Crippen LogP contribution in [0.25, 0.3) is 0 Å². The van der Waals surface area contributed by atoms with Crippen LogP contribution in [-0.4, -0.2) is 15.4 Å². The quantitative estimate of drug-likeness (QED) is 0.328. The molecule has 5 heteroatoms. The minimum absolute atomic E-state index is 0. The third-order valence-corrected chi connectivity index (χ3v) is 0.611. The van der Waals surface area contributed by atoms with E-state index in [0.29, 0.717) is 0 Å². The topological polar surface area (TPSA) is 49.4 Å². The Morgan fingerprint density at radius 2 is 2.38 bits per heavy atom. The van der Waals surface area contributed by atoms with E-state index in [1.807, 2.05) is 0 Å². The van der Waals surface area contributed by atoms with Gasteiger partial charge in [-0.3, -0.25) is 4.18 Å². The lowest BCUT2D eigenvalue weighted by molar-refractivity contribution is 0.334. The Bertz CT molecular complexity index is 84.6. The number of hydrogen-bond donors (Lipinski definition) is 0. The van der Waals surface area contributed by atoms with Crippen LogP contribution in [-0.2, 0) is 15.5 Å². The van der Waals surface area contributed by atoms with Crippen molar-refractivity contribution in [2.45, 2.75) is 0 Å². The molecule has 0 aromatic carbocycles. The first-order chi connectivity index (χ1) is 3.27. The van der Waals surface area contributed by atoms with Gasteiger partial charge < -0.3 is 4.55 Å². The fraction of sp³-hybridized carbons (Fsp3) is 0.333. The van der Waals surface area contributed by atoms with Crippen molar-refractivity contribution in [3.63, 3.8) is 0 Å². The average molecular weight is 155 g/mol. The van der Waals surface area contributed by atoms with Crippen molar-refractivity contribution in [3.05, 3.63) is 12.7 Å². The minimum atomic E-state index is -2.39. The van der Waals surface area contributed by atoms with Gasteiger partial charge in [-0.05, 0) is 0 Å². The maximum Gasteiger partial charge on any atom is 0.0845 e. The summed E-state index contributed by atoms with van der Waals surface area (Å²) in [4.78, 5) is 0. The predicted molar refractivity (Wildman–Crippen MR) is 36.2 cm³/mol. The van der Waals surface area contributed by atoms with Crippen LogP contribution in [0.5, 0.6) is 0 Å². The summed E-state index contributed by atoms with van der Waals surface area (Å²) in [6, 6.07) is 0. The molecule has 50 valence electrons. The fourth-order valence-electron chi connectivity index (χ4n) is 0.104. The van der Waals surface area contributed by atoms with Gasteiger partial charge in [-0.2, -0.15) is 9.90 Å². The van der Waals surface area contributed by atoms with E-state index in [0.717, 1.165) is 0 Å². The zero-order valence-corrected chi connectivity index (χ0v) is 6.56. The number of hydrogen-bond acceptors (Lipinski definition) is 3. The highest BCUT2D eigenvalue weighted by Crippen LogP contribution is 1.75. The highest BCUT2D eigenvalue weighted by molar-refractivity contribution is 7.74. The van der Waals surface area contributed by atoms with Crippen molar-refractivity contribution in [1.82, 2.24) is 0 Å². The molecule has 0 saturated heterocycles. The Labute approximate surface area is 54.2 Å². The van der Waals surface area contributed by atoms with Gasteiger partial charge in [0.25, 0.3) is 0 Å². The van der Waals surface area contributed by atoms with Crippen LogP contribution in [0.4, 0.5) is 0 Å². The average Bonchev–Trinajstić information content (AvgIpc) is 1.61. The normalized spacial score (nSPS) is 11.6. The first-order valence-electron chi connectivity index (χ1n) is 1.61.